The molecule has 142 valence electrons. The second-order valence-electron chi connectivity index (χ2n) is 6.52. The molecule has 0 aromatic heterocycles. The van der Waals surface area contributed by atoms with Crippen LogP contribution in [0.25, 0.3) is 0 Å². The van der Waals surface area contributed by atoms with E-state index in [9.17, 15) is 9.59 Å². The van der Waals surface area contributed by atoms with Gasteiger partial charge in [-0.05, 0) is 49.6 Å². The van der Waals surface area contributed by atoms with Crippen molar-refractivity contribution in [3.05, 3.63) is 47.0 Å². The maximum absolute atomic E-state index is 12.8. The maximum Gasteiger partial charge on any atom is 0.240 e. The van der Waals surface area contributed by atoms with E-state index in [1.165, 1.54) is 14.2 Å². The predicted octanol–water partition coefficient (Wildman–Crippen LogP) is 4.02. The molecule has 0 spiro atoms. The van der Waals surface area contributed by atoms with Crippen molar-refractivity contribution in [3.8, 4) is 11.5 Å². The average molecular weight is 389 g/mol. The number of hydrogen-bond donors (Lipinski definition) is 2. The molecule has 3 rings (SSSR count). The Morgan fingerprint density at radius 3 is 2.26 bits per heavy atom. The number of methoxy groups -OCH3 is 2. The molecule has 2 aromatic rings. The highest BCUT2D eigenvalue weighted by Crippen LogP contribution is 2.48. The van der Waals surface area contributed by atoms with Gasteiger partial charge in [-0.25, -0.2) is 0 Å². The lowest BCUT2D eigenvalue weighted by Gasteiger charge is -2.17. The lowest BCUT2D eigenvalue weighted by atomic mass is 10.0. The van der Waals surface area contributed by atoms with E-state index in [1.54, 1.807) is 30.3 Å². The third kappa shape index (κ3) is 3.85. The number of carbonyl (C=O) groups excluding carboxylic acids is 2. The fraction of sp³-hybridized carbons (Fsp3) is 0.300. The summed E-state index contributed by atoms with van der Waals surface area (Å²) in [7, 11) is 3.06. The Hall–Kier alpha value is -2.73. The number of nitrogens with one attached hydrogen (secondary N) is 2. The zero-order valence-corrected chi connectivity index (χ0v) is 16.1. The standard InChI is InChI=1S/C20H21ClN2O4/c1-12-4-5-13(21)10-15(12)23-19(25)20(8-9-20)18(24)22-14-6-7-16(26-2)17(11-14)27-3/h4-7,10-11H,8-9H2,1-3H3,(H,22,24)(H,23,25). The monoisotopic (exact) mass is 388 g/mol. The smallest absolute Gasteiger partial charge is 0.240 e. The lowest BCUT2D eigenvalue weighted by Crippen LogP contribution is -2.35. The maximum atomic E-state index is 12.8. The Kier molecular flexibility index (Phi) is 5.28. The highest BCUT2D eigenvalue weighted by molar-refractivity contribution is 6.31. The first-order valence-electron chi connectivity index (χ1n) is 8.51. The Morgan fingerprint density at radius 2 is 1.63 bits per heavy atom. The average Bonchev–Trinajstić information content (AvgIpc) is 3.46. The number of benzene rings is 2. The van der Waals surface area contributed by atoms with Crippen molar-refractivity contribution in [2.24, 2.45) is 5.41 Å². The van der Waals surface area contributed by atoms with E-state index in [0.717, 1.165) is 5.56 Å². The van der Waals surface area contributed by atoms with Gasteiger partial charge in [-0.3, -0.25) is 9.59 Å². The van der Waals surface area contributed by atoms with Gasteiger partial charge in [-0.2, -0.15) is 0 Å². The number of ether oxygens (including phenoxy) is 2. The van der Waals surface area contributed by atoms with Gasteiger partial charge in [-0.15, -0.1) is 0 Å². The van der Waals surface area contributed by atoms with E-state index >= 15 is 0 Å². The molecular weight excluding hydrogens is 368 g/mol. The van der Waals surface area contributed by atoms with Crippen molar-refractivity contribution in [3.63, 3.8) is 0 Å². The van der Waals surface area contributed by atoms with E-state index in [4.69, 9.17) is 21.1 Å². The SMILES string of the molecule is COc1ccc(NC(=O)C2(C(=O)Nc3cc(Cl)ccc3C)CC2)cc1OC. The number of amides is 2. The highest BCUT2D eigenvalue weighted by atomic mass is 35.5. The normalized spacial score (nSPS) is 14.2. The fourth-order valence-corrected chi connectivity index (χ4v) is 2.99. The van der Waals surface area contributed by atoms with Gasteiger partial charge in [0, 0.05) is 22.5 Å². The largest absolute Gasteiger partial charge is 0.493 e. The van der Waals surface area contributed by atoms with Crippen molar-refractivity contribution in [2.75, 3.05) is 24.9 Å². The second kappa shape index (κ2) is 7.48. The Balaban J connectivity index is 1.74. The Bertz CT molecular complexity index is 894. The summed E-state index contributed by atoms with van der Waals surface area (Å²) in [6, 6.07) is 10.3. The minimum absolute atomic E-state index is 0.328. The van der Waals surface area contributed by atoms with Crippen molar-refractivity contribution in [2.45, 2.75) is 19.8 Å². The molecule has 27 heavy (non-hydrogen) atoms. The van der Waals surface area contributed by atoms with E-state index in [-0.39, 0.29) is 11.8 Å². The molecule has 1 saturated carbocycles. The molecule has 2 N–H and O–H groups in total. The summed E-state index contributed by atoms with van der Waals surface area (Å²) in [4.78, 5) is 25.5. The summed E-state index contributed by atoms with van der Waals surface area (Å²) < 4.78 is 10.4. The molecule has 0 heterocycles. The van der Waals surface area contributed by atoms with Crippen molar-refractivity contribution >= 4 is 34.8 Å². The van der Waals surface area contributed by atoms with E-state index < -0.39 is 5.41 Å². The van der Waals surface area contributed by atoms with E-state index in [1.807, 2.05) is 13.0 Å². The first-order chi connectivity index (χ1) is 12.9. The topological polar surface area (TPSA) is 76.7 Å². The number of rotatable bonds is 6. The van der Waals surface area contributed by atoms with Gasteiger partial charge in [0.1, 0.15) is 5.41 Å². The van der Waals surface area contributed by atoms with Crippen LogP contribution in [0.15, 0.2) is 36.4 Å². The molecule has 0 unspecified atom stereocenters. The van der Waals surface area contributed by atoms with Crippen LogP contribution in [0, 0.1) is 12.3 Å². The van der Waals surface area contributed by atoms with Crippen LogP contribution in [0.2, 0.25) is 5.02 Å². The molecule has 0 saturated heterocycles. The number of aryl methyl sites for hydroxylation is 1. The van der Waals surface area contributed by atoms with Gasteiger partial charge in [0.25, 0.3) is 0 Å². The fourth-order valence-electron chi connectivity index (χ4n) is 2.82. The van der Waals surface area contributed by atoms with Crippen LogP contribution < -0.4 is 20.1 Å². The zero-order chi connectivity index (χ0) is 19.6. The van der Waals surface area contributed by atoms with Crippen LogP contribution in [0.5, 0.6) is 11.5 Å². The third-order valence-electron chi connectivity index (χ3n) is 4.71. The molecule has 1 aliphatic carbocycles. The molecule has 7 heteroatoms. The lowest BCUT2D eigenvalue weighted by molar-refractivity contribution is -0.131. The third-order valence-corrected chi connectivity index (χ3v) is 4.94. The molecule has 0 bridgehead atoms. The van der Waals surface area contributed by atoms with Gasteiger partial charge < -0.3 is 20.1 Å². The summed E-state index contributed by atoms with van der Waals surface area (Å²) in [5.74, 6) is 0.391. The molecule has 2 amide bonds. The molecule has 2 aromatic carbocycles. The molecule has 1 aliphatic rings. The second-order valence-corrected chi connectivity index (χ2v) is 6.96. The number of hydrogen-bond acceptors (Lipinski definition) is 4. The minimum atomic E-state index is -1.07. The van der Waals surface area contributed by atoms with Gasteiger partial charge >= 0.3 is 0 Å². The number of anilines is 2. The zero-order valence-electron chi connectivity index (χ0n) is 15.4. The van der Waals surface area contributed by atoms with Gasteiger partial charge in [0.2, 0.25) is 11.8 Å². The van der Waals surface area contributed by atoms with Gasteiger partial charge in [0.15, 0.2) is 11.5 Å². The van der Waals surface area contributed by atoms with Crippen LogP contribution in [-0.2, 0) is 9.59 Å². The quantitative estimate of drug-likeness (QED) is 0.732. The summed E-state index contributed by atoms with van der Waals surface area (Å²) in [6.45, 7) is 1.87. The first kappa shape index (κ1) is 19.0. The molecule has 0 aliphatic heterocycles. The Labute approximate surface area is 162 Å². The summed E-state index contributed by atoms with van der Waals surface area (Å²) in [5.41, 5.74) is 0.958. The summed E-state index contributed by atoms with van der Waals surface area (Å²) in [6.07, 6.45) is 0.995. The summed E-state index contributed by atoms with van der Waals surface area (Å²) in [5, 5.41) is 6.16. The first-order valence-corrected chi connectivity index (χ1v) is 8.88. The van der Waals surface area contributed by atoms with Crippen molar-refractivity contribution in [1.82, 2.24) is 0 Å². The van der Waals surface area contributed by atoms with Crippen LogP contribution in [0.1, 0.15) is 18.4 Å². The predicted molar refractivity (Wildman–Crippen MR) is 105 cm³/mol. The van der Waals surface area contributed by atoms with Gasteiger partial charge in [-0.1, -0.05) is 17.7 Å². The molecular formula is C20H21ClN2O4. The van der Waals surface area contributed by atoms with Crippen molar-refractivity contribution < 1.29 is 19.1 Å². The van der Waals surface area contributed by atoms with Gasteiger partial charge in [0.05, 0.1) is 14.2 Å². The van der Waals surface area contributed by atoms with Crippen LogP contribution >= 0.6 is 11.6 Å². The van der Waals surface area contributed by atoms with Crippen LogP contribution in [-0.4, -0.2) is 26.0 Å². The minimum Gasteiger partial charge on any atom is -0.493 e. The van der Waals surface area contributed by atoms with E-state index in [2.05, 4.69) is 10.6 Å². The Morgan fingerprint density at radius 1 is 0.963 bits per heavy atom. The molecule has 0 atom stereocenters. The highest BCUT2D eigenvalue weighted by Gasteiger charge is 2.56. The molecule has 6 nitrogen and oxygen atoms in total. The molecule has 1 fully saturated rings. The van der Waals surface area contributed by atoms with Crippen LogP contribution in [0.4, 0.5) is 11.4 Å². The van der Waals surface area contributed by atoms with E-state index in [0.29, 0.717) is 40.7 Å². The van der Waals surface area contributed by atoms with Crippen molar-refractivity contribution in [1.29, 1.82) is 0 Å². The number of halogens is 1. The number of carbonyl (C=O) groups is 2. The van der Waals surface area contributed by atoms with Crippen LogP contribution in [0.3, 0.4) is 0 Å². The molecule has 0 radical (unpaired) electrons. The summed E-state index contributed by atoms with van der Waals surface area (Å²) >= 11 is 6.00.